The summed E-state index contributed by atoms with van der Waals surface area (Å²) in [6.07, 6.45) is 7.80. The molecule has 0 spiro atoms. The van der Waals surface area contributed by atoms with E-state index in [1.54, 1.807) is 6.07 Å². The van der Waals surface area contributed by atoms with Crippen LogP contribution in [0.15, 0.2) is 24.3 Å². The molecule has 104 valence electrons. The Labute approximate surface area is 116 Å². The van der Waals surface area contributed by atoms with E-state index >= 15 is 0 Å². The number of phenols is 1. The minimum absolute atomic E-state index is 0.339. The van der Waals surface area contributed by atoms with Gasteiger partial charge >= 0.3 is 0 Å². The van der Waals surface area contributed by atoms with Crippen molar-refractivity contribution >= 4 is 0 Å². The first-order valence-corrected chi connectivity index (χ1v) is 7.77. The Kier molecular flexibility index (Phi) is 3.53. The summed E-state index contributed by atoms with van der Waals surface area (Å²) < 4.78 is 0. The Hall–Kier alpha value is -1.02. The highest BCUT2D eigenvalue weighted by atomic mass is 16.3. The van der Waals surface area contributed by atoms with E-state index in [-0.39, 0.29) is 0 Å². The zero-order chi connectivity index (χ0) is 13.3. The van der Waals surface area contributed by atoms with E-state index in [9.17, 15) is 5.11 Å². The number of fused-ring (bicyclic) bond motifs is 2. The number of phenolic OH excluding ortho intramolecular Hbond substituents is 1. The molecular weight excluding hydrogens is 234 g/mol. The first-order chi connectivity index (χ1) is 9.23. The predicted octanol–water partition coefficient (Wildman–Crippen LogP) is 3.69. The van der Waals surface area contributed by atoms with Gasteiger partial charge < -0.3 is 10.0 Å². The summed E-state index contributed by atoms with van der Waals surface area (Å²) in [7, 11) is 0. The number of hydrogen-bond acceptors (Lipinski definition) is 2. The maximum atomic E-state index is 9.76. The van der Waals surface area contributed by atoms with Crippen molar-refractivity contribution in [1.29, 1.82) is 0 Å². The molecule has 3 rings (SSSR count). The molecule has 1 aromatic rings. The molecule has 2 atom stereocenters. The Balaban J connectivity index is 1.85. The third-order valence-electron chi connectivity index (χ3n) is 5.18. The lowest BCUT2D eigenvalue weighted by atomic mass is 9.63. The second kappa shape index (κ2) is 5.16. The Bertz CT molecular complexity index is 445. The monoisotopic (exact) mass is 259 g/mol. The SMILES string of the molecule is CCCN1CC[C@@]2(c3cccc(O)c3)CCC[C@H]1C2. The van der Waals surface area contributed by atoms with Crippen LogP contribution in [-0.2, 0) is 5.41 Å². The fourth-order valence-corrected chi connectivity index (χ4v) is 4.23. The van der Waals surface area contributed by atoms with Crippen LogP contribution < -0.4 is 0 Å². The van der Waals surface area contributed by atoms with E-state index in [1.807, 2.05) is 12.1 Å². The van der Waals surface area contributed by atoms with Crippen molar-refractivity contribution in [2.24, 2.45) is 0 Å². The average Bonchev–Trinajstić information content (AvgIpc) is 2.43. The molecular formula is C17H25NO. The normalized spacial score (nSPS) is 31.3. The molecule has 2 fully saturated rings. The molecule has 1 aromatic carbocycles. The first-order valence-electron chi connectivity index (χ1n) is 7.77. The summed E-state index contributed by atoms with van der Waals surface area (Å²) in [5, 5.41) is 9.76. The molecule has 0 aromatic heterocycles. The Morgan fingerprint density at radius 2 is 2.26 bits per heavy atom. The van der Waals surface area contributed by atoms with Crippen molar-refractivity contribution in [3.8, 4) is 5.75 Å². The van der Waals surface area contributed by atoms with Crippen molar-refractivity contribution in [3.63, 3.8) is 0 Å². The molecule has 0 amide bonds. The highest BCUT2D eigenvalue weighted by molar-refractivity contribution is 5.34. The molecule has 2 aliphatic rings. The van der Waals surface area contributed by atoms with Crippen LogP contribution in [0.3, 0.4) is 0 Å². The van der Waals surface area contributed by atoms with E-state index < -0.39 is 0 Å². The van der Waals surface area contributed by atoms with Gasteiger partial charge in [-0.25, -0.2) is 0 Å². The van der Waals surface area contributed by atoms with Crippen LogP contribution in [0.25, 0.3) is 0 Å². The molecule has 2 heteroatoms. The van der Waals surface area contributed by atoms with Crippen LogP contribution in [-0.4, -0.2) is 29.1 Å². The summed E-state index contributed by atoms with van der Waals surface area (Å²) in [5.74, 6) is 0.421. The van der Waals surface area contributed by atoms with Crippen LogP contribution in [0.1, 0.15) is 51.0 Å². The third-order valence-corrected chi connectivity index (χ3v) is 5.18. The smallest absolute Gasteiger partial charge is 0.115 e. The van der Waals surface area contributed by atoms with Crippen molar-refractivity contribution in [2.75, 3.05) is 13.1 Å². The first kappa shape index (κ1) is 13.0. The Morgan fingerprint density at radius 1 is 1.37 bits per heavy atom. The van der Waals surface area contributed by atoms with Gasteiger partial charge in [0.15, 0.2) is 0 Å². The molecule has 0 radical (unpaired) electrons. The fourth-order valence-electron chi connectivity index (χ4n) is 4.23. The molecule has 2 nitrogen and oxygen atoms in total. The zero-order valence-corrected chi connectivity index (χ0v) is 11.9. The van der Waals surface area contributed by atoms with Crippen molar-refractivity contribution in [3.05, 3.63) is 29.8 Å². The minimum Gasteiger partial charge on any atom is -0.508 e. The maximum Gasteiger partial charge on any atom is 0.115 e. The van der Waals surface area contributed by atoms with E-state index in [0.717, 1.165) is 6.04 Å². The van der Waals surface area contributed by atoms with Gasteiger partial charge in [-0.2, -0.15) is 0 Å². The standard InChI is InChI=1S/C17H25NO/c1-2-10-18-11-9-17(8-4-6-15(18)13-17)14-5-3-7-16(19)12-14/h3,5,7,12,15,19H,2,4,6,8-11,13H2,1H3/t15-,17-/m0/s1. The highest BCUT2D eigenvalue weighted by Gasteiger charge is 2.43. The third kappa shape index (κ3) is 2.38. The van der Waals surface area contributed by atoms with Gasteiger partial charge in [-0.05, 0) is 68.3 Å². The van der Waals surface area contributed by atoms with Gasteiger partial charge in [-0.1, -0.05) is 25.5 Å². The second-order valence-electron chi connectivity index (χ2n) is 6.37. The van der Waals surface area contributed by atoms with Gasteiger partial charge in [0, 0.05) is 6.04 Å². The molecule has 19 heavy (non-hydrogen) atoms. The van der Waals surface area contributed by atoms with Crippen molar-refractivity contribution < 1.29 is 5.11 Å². The summed E-state index contributed by atoms with van der Waals surface area (Å²) in [6.45, 7) is 4.76. The molecule has 0 unspecified atom stereocenters. The van der Waals surface area contributed by atoms with E-state index in [0.29, 0.717) is 11.2 Å². The predicted molar refractivity (Wildman–Crippen MR) is 78.5 cm³/mol. The molecule has 1 saturated carbocycles. The van der Waals surface area contributed by atoms with Gasteiger partial charge in [0.05, 0.1) is 0 Å². The van der Waals surface area contributed by atoms with Gasteiger partial charge in [-0.3, -0.25) is 0 Å². The summed E-state index contributed by atoms with van der Waals surface area (Å²) in [4.78, 5) is 2.69. The number of nitrogens with zero attached hydrogens (tertiary/aromatic N) is 1. The number of rotatable bonds is 3. The van der Waals surface area contributed by atoms with Crippen LogP contribution in [0.4, 0.5) is 0 Å². The lowest BCUT2D eigenvalue weighted by molar-refractivity contribution is 0.0517. The molecule has 1 saturated heterocycles. The van der Waals surface area contributed by atoms with E-state index in [4.69, 9.17) is 0 Å². The van der Waals surface area contributed by atoms with Crippen LogP contribution >= 0.6 is 0 Å². The van der Waals surface area contributed by atoms with E-state index in [2.05, 4.69) is 17.9 Å². The van der Waals surface area contributed by atoms with E-state index in [1.165, 1.54) is 57.2 Å². The number of piperidine rings is 1. The zero-order valence-electron chi connectivity index (χ0n) is 11.9. The number of aromatic hydroxyl groups is 1. The second-order valence-corrected chi connectivity index (χ2v) is 6.37. The van der Waals surface area contributed by atoms with Crippen molar-refractivity contribution in [1.82, 2.24) is 4.90 Å². The quantitative estimate of drug-likeness (QED) is 0.895. The summed E-state index contributed by atoms with van der Waals surface area (Å²) in [5.41, 5.74) is 1.71. The molecule has 2 bridgehead atoms. The lowest BCUT2D eigenvalue weighted by Gasteiger charge is -2.51. The molecule has 1 N–H and O–H groups in total. The summed E-state index contributed by atoms with van der Waals surface area (Å²) in [6, 6.07) is 8.77. The van der Waals surface area contributed by atoms with Crippen LogP contribution in [0, 0.1) is 0 Å². The van der Waals surface area contributed by atoms with Gasteiger partial charge in [0.2, 0.25) is 0 Å². The number of benzene rings is 1. The van der Waals surface area contributed by atoms with Gasteiger partial charge in [0.1, 0.15) is 5.75 Å². The topological polar surface area (TPSA) is 23.5 Å². The largest absolute Gasteiger partial charge is 0.508 e. The minimum atomic E-state index is 0.339. The molecule has 1 aliphatic heterocycles. The molecule has 1 heterocycles. The van der Waals surface area contributed by atoms with Crippen molar-refractivity contribution in [2.45, 2.75) is 56.9 Å². The highest BCUT2D eigenvalue weighted by Crippen LogP contribution is 2.47. The summed E-state index contributed by atoms with van der Waals surface area (Å²) >= 11 is 0. The van der Waals surface area contributed by atoms with Gasteiger partial charge in [0.25, 0.3) is 0 Å². The maximum absolute atomic E-state index is 9.76. The number of hydrogen-bond donors (Lipinski definition) is 1. The molecule has 1 aliphatic carbocycles. The Morgan fingerprint density at radius 3 is 3.05 bits per heavy atom. The van der Waals surface area contributed by atoms with Crippen LogP contribution in [0.2, 0.25) is 0 Å². The van der Waals surface area contributed by atoms with Gasteiger partial charge in [-0.15, -0.1) is 0 Å². The fraction of sp³-hybridized carbons (Fsp3) is 0.647. The average molecular weight is 259 g/mol. The lowest BCUT2D eigenvalue weighted by Crippen LogP contribution is -2.51. The van der Waals surface area contributed by atoms with Crippen LogP contribution in [0.5, 0.6) is 5.75 Å². The number of likely N-dealkylation sites (tertiary alicyclic amines) is 1.